The first-order chi connectivity index (χ1) is 13.4. The highest BCUT2D eigenvalue weighted by Gasteiger charge is 2.30. The van der Waals surface area contributed by atoms with Crippen LogP contribution in [0.15, 0.2) is 53.4 Å². The minimum Gasteiger partial charge on any atom is -0.497 e. The van der Waals surface area contributed by atoms with Gasteiger partial charge in [0.1, 0.15) is 12.3 Å². The number of benzene rings is 2. The Morgan fingerprint density at radius 3 is 2.46 bits per heavy atom. The van der Waals surface area contributed by atoms with Crippen LogP contribution < -0.4 is 9.04 Å². The third-order valence-electron chi connectivity index (χ3n) is 4.66. The topological polar surface area (TPSA) is 76.2 Å². The zero-order chi connectivity index (χ0) is 20.1. The summed E-state index contributed by atoms with van der Waals surface area (Å²) in [4.78, 5) is 14.6. The van der Waals surface area contributed by atoms with E-state index >= 15 is 0 Å². The molecule has 1 heterocycles. The second-order valence-electron chi connectivity index (χ2n) is 6.47. The molecular weight excluding hydrogens is 380 g/mol. The zero-order valence-corrected chi connectivity index (χ0v) is 16.8. The van der Waals surface area contributed by atoms with E-state index in [9.17, 15) is 13.2 Å². The number of hydrogen-bond donors (Lipinski definition) is 0. The molecule has 0 spiro atoms. The van der Waals surface area contributed by atoms with Crippen LogP contribution in [0.5, 0.6) is 5.75 Å². The van der Waals surface area contributed by atoms with Gasteiger partial charge in [-0.15, -0.1) is 0 Å². The number of sulfonamides is 1. The number of carbonyl (C=O) groups excluding carboxylic acids is 1. The van der Waals surface area contributed by atoms with E-state index in [2.05, 4.69) is 0 Å². The highest BCUT2D eigenvalue weighted by atomic mass is 32.2. The molecule has 7 nitrogen and oxygen atoms in total. The number of nitrogens with zero attached hydrogens (tertiary/aromatic N) is 2. The summed E-state index contributed by atoms with van der Waals surface area (Å²) in [5.74, 6) is 0.262. The van der Waals surface area contributed by atoms with Crippen LogP contribution in [0.25, 0.3) is 0 Å². The Balaban J connectivity index is 2.02. The largest absolute Gasteiger partial charge is 0.497 e. The van der Waals surface area contributed by atoms with Crippen LogP contribution in [-0.2, 0) is 19.6 Å². The molecule has 28 heavy (non-hydrogen) atoms. The molecule has 2 aromatic rings. The maximum Gasteiger partial charge on any atom is 0.264 e. The fourth-order valence-electron chi connectivity index (χ4n) is 3.04. The standard InChI is InChI=1S/C20H24N2O5S/c1-16-8-9-17(26-2)14-19(16)22(15-20(23)21-10-12-27-13-11-21)28(24,25)18-6-4-3-5-7-18/h3-9,14H,10-13,15H2,1-2H3. The normalized spacial score (nSPS) is 14.6. The van der Waals surface area contributed by atoms with E-state index in [1.807, 2.05) is 6.92 Å². The fraction of sp³-hybridized carbons (Fsp3) is 0.350. The van der Waals surface area contributed by atoms with Gasteiger partial charge in [-0.1, -0.05) is 24.3 Å². The van der Waals surface area contributed by atoms with E-state index in [4.69, 9.17) is 9.47 Å². The molecule has 1 aliphatic heterocycles. The number of carbonyl (C=O) groups is 1. The number of amides is 1. The molecule has 1 aliphatic rings. The molecule has 0 atom stereocenters. The number of hydrogen-bond acceptors (Lipinski definition) is 5. The van der Waals surface area contributed by atoms with Crippen LogP contribution in [0.2, 0.25) is 0 Å². The van der Waals surface area contributed by atoms with E-state index < -0.39 is 10.0 Å². The van der Waals surface area contributed by atoms with Crippen molar-refractivity contribution in [2.45, 2.75) is 11.8 Å². The Bertz CT molecular complexity index is 925. The minimum absolute atomic E-state index is 0.131. The van der Waals surface area contributed by atoms with Gasteiger partial charge in [0, 0.05) is 19.2 Å². The number of rotatable bonds is 6. The Morgan fingerprint density at radius 1 is 1.14 bits per heavy atom. The minimum atomic E-state index is -3.94. The summed E-state index contributed by atoms with van der Waals surface area (Å²) in [6, 6.07) is 13.3. The van der Waals surface area contributed by atoms with E-state index in [-0.39, 0.29) is 17.3 Å². The lowest BCUT2D eigenvalue weighted by Gasteiger charge is -2.31. The average Bonchev–Trinajstić information content (AvgIpc) is 2.73. The van der Waals surface area contributed by atoms with Gasteiger partial charge in [0.05, 0.1) is 30.9 Å². The predicted octanol–water partition coefficient (Wildman–Crippen LogP) is 2.06. The molecule has 0 saturated carbocycles. The Kier molecular flexibility index (Phi) is 6.21. The molecule has 8 heteroatoms. The molecule has 0 aromatic heterocycles. The lowest BCUT2D eigenvalue weighted by atomic mass is 10.2. The van der Waals surface area contributed by atoms with Gasteiger partial charge in [-0.25, -0.2) is 8.42 Å². The summed E-state index contributed by atoms with van der Waals surface area (Å²) < 4.78 is 38.5. The summed E-state index contributed by atoms with van der Waals surface area (Å²) in [6.07, 6.45) is 0. The summed E-state index contributed by atoms with van der Waals surface area (Å²) in [5, 5.41) is 0. The molecular formula is C20H24N2O5S. The van der Waals surface area contributed by atoms with Gasteiger partial charge in [0.25, 0.3) is 10.0 Å². The summed E-state index contributed by atoms with van der Waals surface area (Å²) in [7, 11) is -2.42. The van der Waals surface area contributed by atoms with Gasteiger partial charge in [-0.2, -0.15) is 0 Å². The second-order valence-corrected chi connectivity index (χ2v) is 8.33. The molecule has 0 N–H and O–H groups in total. The van der Waals surface area contributed by atoms with E-state index in [0.29, 0.717) is 37.7 Å². The van der Waals surface area contributed by atoms with Crippen molar-refractivity contribution < 1.29 is 22.7 Å². The molecule has 1 saturated heterocycles. The van der Waals surface area contributed by atoms with Crippen LogP contribution in [0, 0.1) is 6.92 Å². The second kappa shape index (κ2) is 8.62. The molecule has 0 bridgehead atoms. The van der Waals surface area contributed by atoms with Crippen molar-refractivity contribution in [3.8, 4) is 5.75 Å². The lowest BCUT2D eigenvalue weighted by molar-refractivity contribution is -0.133. The number of anilines is 1. The highest BCUT2D eigenvalue weighted by molar-refractivity contribution is 7.92. The summed E-state index contributed by atoms with van der Waals surface area (Å²) in [6.45, 7) is 3.34. The smallest absolute Gasteiger partial charge is 0.264 e. The first-order valence-electron chi connectivity index (χ1n) is 9.01. The Hall–Kier alpha value is -2.58. The quantitative estimate of drug-likeness (QED) is 0.737. The van der Waals surface area contributed by atoms with E-state index in [1.165, 1.54) is 19.2 Å². The van der Waals surface area contributed by atoms with Gasteiger partial charge in [0.15, 0.2) is 0 Å². The molecule has 150 valence electrons. The molecule has 0 aliphatic carbocycles. The number of methoxy groups -OCH3 is 1. The van der Waals surface area contributed by atoms with Crippen molar-refractivity contribution in [3.05, 3.63) is 54.1 Å². The Morgan fingerprint density at radius 2 is 1.82 bits per heavy atom. The molecule has 0 unspecified atom stereocenters. The first kappa shape index (κ1) is 20.2. The van der Waals surface area contributed by atoms with Gasteiger partial charge in [-0.3, -0.25) is 9.10 Å². The van der Waals surface area contributed by atoms with Crippen molar-refractivity contribution in [1.29, 1.82) is 0 Å². The Labute approximate surface area is 165 Å². The van der Waals surface area contributed by atoms with Gasteiger partial charge >= 0.3 is 0 Å². The van der Waals surface area contributed by atoms with Crippen LogP contribution >= 0.6 is 0 Å². The van der Waals surface area contributed by atoms with Crippen molar-refractivity contribution in [2.24, 2.45) is 0 Å². The number of aryl methyl sites for hydroxylation is 1. The third-order valence-corrected chi connectivity index (χ3v) is 6.43. The number of morpholine rings is 1. The van der Waals surface area contributed by atoms with E-state index in [0.717, 1.165) is 9.87 Å². The van der Waals surface area contributed by atoms with E-state index in [1.54, 1.807) is 41.3 Å². The third kappa shape index (κ3) is 4.28. The molecule has 1 fully saturated rings. The molecule has 3 rings (SSSR count). The SMILES string of the molecule is COc1ccc(C)c(N(CC(=O)N2CCOCC2)S(=O)(=O)c2ccccc2)c1. The molecule has 2 aromatic carbocycles. The highest BCUT2D eigenvalue weighted by Crippen LogP contribution is 2.30. The zero-order valence-electron chi connectivity index (χ0n) is 16.0. The van der Waals surface area contributed by atoms with Crippen molar-refractivity contribution >= 4 is 21.6 Å². The van der Waals surface area contributed by atoms with Crippen LogP contribution in [0.3, 0.4) is 0 Å². The van der Waals surface area contributed by atoms with Crippen LogP contribution in [-0.4, -0.2) is 59.2 Å². The summed E-state index contributed by atoms with van der Waals surface area (Å²) in [5.41, 5.74) is 1.15. The monoisotopic (exact) mass is 404 g/mol. The van der Waals surface area contributed by atoms with Gasteiger partial charge in [0.2, 0.25) is 5.91 Å². The van der Waals surface area contributed by atoms with Crippen molar-refractivity contribution in [3.63, 3.8) is 0 Å². The molecule has 1 amide bonds. The van der Waals surface area contributed by atoms with Crippen LogP contribution in [0.4, 0.5) is 5.69 Å². The van der Waals surface area contributed by atoms with Crippen LogP contribution in [0.1, 0.15) is 5.56 Å². The lowest BCUT2D eigenvalue weighted by Crippen LogP contribution is -2.47. The number of ether oxygens (including phenoxy) is 2. The maximum absolute atomic E-state index is 13.4. The first-order valence-corrected chi connectivity index (χ1v) is 10.5. The average molecular weight is 404 g/mol. The van der Waals surface area contributed by atoms with Crippen molar-refractivity contribution in [1.82, 2.24) is 4.90 Å². The molecule has 0 radical (unpaired) electrons. The summed E-state index contributed by atoms with van der Waals surface area (Å²) >= 11 is 0. The van der Waals surface area contributed by atoms with Gasteiger partial charge in [-0.05, 0) is 30.7 Å². The van der Waals surface area contributed by atoms with Gasteiger partial charge < -0.3 is 14.4 Å². The maximum atomic E-state index is 13.4. The fourth-order valence-corrected chi connectivity index (χ4v) is 4.53. The van der Waals surface area contributed by atoms with Crippen molar-refractivity contribution in [2.75, 3.05) is 44.3 Å². The predicted molar refractivity (Wildman–Crippen MR) is 106 cm³/mol.